The predicted molar refractivity (Wildman–Crippen MR) is 94.5 cm³/mol. The summed E-state index contributed by atoms with van der Waals surface area (Å²) < 4.78 is 40.8. The predicted octanol–water partition coefficient (Wildman–Crippen LogP) is 3.28. The normalized spacial score (nSPS) is 21.8. The van der Waals surface area contributed by atoms with E-state index in [0.29, 0.717) is 17.3 Å². The van der Waals surface area contributed by atoms with E-state index in [1.165, 1.54) is 0 Å². The van der Waals surface area contributed by atoms with Crippen molar-refractivity contribution in [1.29, 1.82) is 0 Å². The molecule has 0 aromatic heterocycles. The van der Waals surface area contributed by atoms with Crippen LogP contribution >= 0.6 is 0 Å². The molecule has 0 bridgehead atoms. The van der Waals surface area contributed by atoms with Crippen LogP contribution in [0.5, 0.6) is 0 Å². The summed E-state index contributed by atoms with van der Waals surface area (Å²) in [5.74, 6) is 0. The smallest absolute Gasteiger partial charge is 0.425 e. The topological polar surface area (TPSA) is 82.1 Å². The Morgan fingerprint density at radius 1 is 1.21 bits per heavy atom. The van der Waals surface area contributed by atoms with Gasteiger partial charge in [0, 0.05) is 6.61 Å². The molecule has 0 radical (unpaired) electrons. The summed E-state index contributed by atoms with van der Waals surface area (Å²) in [4.78, 5) is 12.0. The lowest BCUT2D eigenvalue weighted by Gasteiger charge is -2.36. The maximum absolute atomic E-state index is 12.0. The minimum Gasteiger partial charge on any atom is -0.443 e. The zero-order valence-corrected chi connectivity index (χ0v) is 17.8. The number of carbonyl (C=O) groups is 1. The highest BCUT2D eigenvalue weighted by atomic mass is 32.2. The molecule has 142 valence electrons. The van der Waals surface area contributed by atoms with Gasteiger partial charge < -0.3 is 9.16 Å². The molecule has 0 unspecified atom stereocenters. The lowest BCUT2D eigenvalue weighted by Crippen LogP contribution is -2.41. The van der Waals surface area contributed by atoms with E-state index in [0.717, 1.165) is 0 Å². The number of hydrogen-bond donors (Lipinski definition) is 0. The van der Waals surface area contributed by atoms with Crippen molar-refractivity contribution in [2.75, 3.05) is 13.2 Å². The molecule has 1 aliphatic rings. The molecule has 0 saturated carbocycles. The van der Waals surface area contributed by atoms with Crippen molar-refractivity contribution in [3.8, 4) is 0 Å². The highest BCUT2D eigenvalue weighted by Crippen LogP contribution is 2.36. The van der Waals surface area contributed by atoms with E-state index < -0.39 is 36.4 Å². The Labute approximate surface area is 147 Å². The average molecular weight is 382 g/mol. The van der Waals surface area contributed by atoms with Gasteiger partial charge in [0.1, 0.15) is 5.60 Å². The fourth-order valence-corrected chi connectivity index (χ4v) is 4.05. The van der Waals surface area contributed by atoms with Crippen LogP contribution in [0, 0.1) is 0 Å². The third-order valence-electron chi connectivity index (χ3n) is 4.20. The third-order valence-corrected chi connectivity index (χ3v) is 10.1. The van der Waals surface area contributed by atoms with Crippen molar-refractivity contribution in [2.24, 2.45) is 0 Å². The Morgan fingerprint density at radius 3 is 2.21 bits per heavy atom. The Bertz CT molecular complexity index is 561. The molecule has 0 spiro atoms. The molecule has 0 aromatic rings. The zero-order chi connectivity index (χ0) is 19.0. The molecule has 1 atom stereocenters. The maximum Gasteiger partial charge on any atom is 0.425 e. The van der Waals surface area contributed by atoms with Gasteiger partial charge in [-0.15, -0.1) is 0 Å². The van der Waals surface area contributed by atoms with Gasteiger partial charge in [-0.05, 0) is 45.3 Å². The second-order valence-electron chi connectivity index (χ2n) is 8.58. The number of ether oxygens (including phenoxy) is 1. The first-order valence-electron chi connectivity index (χ1n) is 8.13. The summed E-state index contributed by atoms with van der Waals surface area (Å²) in [6.07, 6.45) is -1.10. The van der Waals surface area contributed by atoms with Crippen molar-refractivity contribution in [3.05, 3.63) is 0 Å². The maximum atomic E-state index is 12.0. The zero-order valence-electron chi connectivity index (χ0n) is 16.0. The minimum atomic E-state index is -4.09. The molecule has 0 aromatic carbocycles. The summed E-state index contributed by atoms with van der Waals surface area (Å²) in [6.45, 7) is 16.1. The van der Waals surface area contributed by atoms with E-state index in [1.54, 1.807) is 20.8 Å². The Kier molecular flexibility index (Phi) is 6.18. The molecule has 24 heavy (non-hydrogen) atoms. The number of hydrogen-bond acceptors (Lipinski definition) is 6. The van der Waals surface area contributed by atoms with Gasteiger partial charge in [0.05, 0.1) is 12.6 Å². The molecule has 9 heteroatoms. The molecular formula is C15H31NO6SSi. The van der Waals surface area contributed by atoms with Gasteiger partial charge in [-0.25, -0.2) is 8.98 Å². The van der Waals surface area contributed by atoms with Crippen LogP contribution in [-0.2, 0) is 23.7 Å². The molecule has 1 fully saturated rings. The summed E-state index contributed by atoms with van der Waals surface area (Å²) in [6, 6.07) is 0. The number of amides is 1. The number of nitrogens with zero attached hydrogens (tertiary/aromatic N) is 1. The van der Waals surface area contributed by atoms with E-state index in [4.69, 9.17) is 13.3 Å². The van der Waals surface area contributed by atoms with Crippen molar-refractivity contribution in [1.82, 2.24) is 4.31 Å². The molecule has 1 heterocycles. The van der Waals surface area contributed by atoms with Gasteiger partial charge in [-0.2, -0.15) is 12.7 Å². The van der Waals surface area contributed by atoms with Crippen LogP contribution in [0.2, 0.25) is 18.1 Å². The van der Waals surface area contributed by atoms with E-state index >= 15 is 0 Å². The molecule has 1 amide bonds. The van der Waals surface area contributed by atoms with Crippen LogP contribution in [0.4, 0.5) is 4.79 Å². The first-order valence-corrected chi connectivity index (χ1v) is 12.4. The molecular weight excluding hydrogens is 350 g/mol. The first-order chi connectivity index (χ1) is 10.6. The van der Waals surface area contributed by atoms with Crippen LogP contribution in [0.3, 0.4) is 0 Å². The van der Waals surface area contributed by atoms with Crippen LogP contribution in [-0.4, -0.2) is 52.0 Å². The fraction of sp³-hybridized carbons (Fsp3) is 0.933. The highest BCUT2D eigenvalue weighted by Gasteiger charge is 2.43. The van der Waals surface area contributed by atoms with Crippen LogP contribution in [0.25, 0.3) is 0 Å². The van der Waals surface area contributed by atoms with E-state index in [1.807, 2.05) is 0 Å². The first kappa shape index (κ1) is 21.4. The largest absolute Gasteiger partial charge is 0.443 e. The quantitative estimate of drug-likeness (QED) is 0.695. The van der Waals surface area contributed by atoms with Gasteiger partial charge in [-0.1, -0.05) is 20.8 Å². The molecule has 7 nitrogen and oxygen atoms in total. The Balaban J connectivity index is 2.61. The Morgan fingerprint density at radius 2 is 1.75 bits per heavy atom. The fourth-order valence-electron chi connectivity index (χ4n) is 1.81. The van der Waals surface area contributed by atoms with Crippen molar-refractivity contribution >= 4 is 24.7 Å². The van der Waals surface area contributed by atoms with Crippen molar-refractivity contribution in [2.45, 2.75) is 77.8 Å². The van der Waals surface area contributed by atoms with Gasteiger partial charge in [0.25, 0.3) is 0 Å². The van der Waals surface area contributed by atoms with Crippen molar-refractivity contribution in [3.63, 3.8) is 0 Å². The number of rotatable bonds is 4. The molecule has 1 rings (SSSR count). The molecule has 1 aliphatic heterocycles. The minimum absolute atomic E-state index is 0.0435. The van der Waals surface area contributed by atoms with Crippen LogP contribution < -0.4 is 0 Å². The third kappa shape index (κ3) is 5.71. The highest BCUT2D eigenvalue weighted by molar-refractivity contribution is 7.85. The van der Waals surface area contributed by atoms with Gasteiger partial charge in [0.2, 0.25) is 0 Å². The lowest BCUT2D eigenvalue weighted by molar-refractivity contribution is 0.0394. The second-order valence-corrected chi connectivity index (χ2v) is 14.9. The summed E-state index contributed by atoms with van der Waals surface area (Å²) in [7, 11) is -5.98. The molecule has 0 N–H and O–H groups in total. The van der Waals surface area contributed by atoms with Crippen LogP contribution in [0.1, 0.15) is 48.0 Å². The van der Waals surface area contributed by atoms with E-state index in [9.17, 15) is 13.2 Å². The monoisotopic (exact) mass is 381 g/mol. The van der Waals surface area contributed by atoms with Gasteiger partial charge in [0.15, 0.2) is 8.32 Å². The molecule has 0 aliphatic carbocycles. The SMILES string of the molecule is CC(C)(C)OC(=O)N1C[C@@H](CCO[Si](C)(C)C(C)(C)C)OS1(=O)=O. The number of carbonyl (C=O) groups excluding carboxylic acids is 1. The second kappa shape index (κ2) is 6.93. The molecule has 1 saturated heterocycles. The lowest BCUT2D eigenvalue weighted by atomic mass is 10.2. The summed E-state index contributed by atoms with van der Waals surface area (Å²) in [5, 5.41) is 0.0815. The van der Waals surface area contributed by atoms with Crippen LogP contribution in [0.15, 0.2) is 0 Å². The van der Waals surface area contributed by atoms with Crippen molar-refractivity contribution < 1.29 is 26.6 Å². The van der Waals surface area contributed by atoms with E-state index in [-0.39, 0.29) is 11.6 Å². The van der Waals surface area contributed by atoms with Gasteiger partial charge >= 0.3 is 16.4 Å². The summed E-state index contributed by atoms with van der Waals surface area (Å²) in [5.41, 5.74) is -0.768. The summed E-state index contributed by atoms with van der Waals surface area (Å²) >= 11 is 0. The van der Waals surface area contributed by atoms with Gasteiger partial charge in [-0.3, -0.25) is 0 Å². The average Bonchev–Trinajstić information content (AvgIpc) is 2.60. The van der Waals surface area contributed by atoms with E-state index in [2.05, 4.69) is 33.9 Å². The standard InChI is InChI=1S/C15H31NO6SSi/c1-14(2,3)21-13(17)16-11-12(22-23(16,18)19)9-10-20-24(7,8)15(4,5)6/h12H,9-11H2,1-8H3/t12-/m1/s1. The Hall–Kier alpha value is -0.643.